The van der Waals surface area contributed by atoms with Gasteiger partial charge in [0.25, 0.3) is 5.91 Å². The molecule has 2 saturated heterocycles. The van der Waals surface area contributed by atoms with Gasteiger partial charge in [-0.1, -0.05) is 30.3 Å². The number of benzene rings is 3. The van der Waals surface area contributed by atoms with Crippen LogP contribution in [0.15, 0.2) is 67.0 Å². The summed E-state index contributed by atoms with van der Waals surface area (Å²) < 4.78 is 30.0. The SMILES string of the molecule is Cc1c(NC(=O)c2ccc(C(C)(C)O)cc2F)cc(F)cc1-c1ncnc2[nH]c(-c3ccc(CCN4CCC5(CCNCC5)CC4)cc3)cc12. The molecule has 50 heavy (non-hydrogen) atoms. The van der Waals surface area contributed by atoms with Crippen molar-refractivity contribution in [1.82, 2.24) is 25.2 Å². The van der Waals surface area contributed by atoms with Gasteiger partial charge in [0.15, 0.2) is 0 Å². The Balaban J connectivity index is 1.07. The quantitative estimate of drug-likeness (QED) is 0.137. The maximum atomic E-state index is 15.1. The van der Waals surface area contributed by atoms with Crippen LogP contribution in [0.25, 0.3) is 33.5 Å². The van der Waals surface area contributed by atoms with Crippen LogP contribution in [-0.2, 0) is 12.0 Å². The summed E-state index contributed by atoms with van der Waals surface area (Å²) in [6.45, 7) is 10.6. The monoisotopic (exact) mass is 678 g/mol. The van der Waals surface area contributed by atoms with Gasteiger partial charge in [-0.3, -0.25) is 4.79 Å². The van der Waals surface area contributed by atoms with Crippen LogP contribution < -0.4 is 10.6 Å². The third-order valence-electron chi connectivity index (χ3n) is 10.8. The molecule has 4 N–H and O–H groups in total. The lowest BCUT2D eigenvalue weighted by molar-refractivity contribution is 0.0746. The molecule has 3 aromatic carbocycles. The normalized spacial score (nSPS) is 16.6. The van der Waals surface area contributed by atoms with E-state index in [-0.39, 0.29) is 11.3 Å². The number of piperidine rings is 2. The number of rotatable bonds is 8. The van der Waals surface area contributed by atoms with Gasteiger partial charge >= 0.3 is 0 Å². The molecule has 4 heterocycles. The van der Waals surface area contributed by atoms with E-state index >= 15 is 4.39 Å². The maximum absolute atomic E-state index is 15.1. The number of amides is 1. The van der Waals surface area contributed by atoms with Crippen LogP contribution in [0.5, 0.6) is 0 Å². The fraction of sp³-hybridized carbons (Fsp3) is 0.375. The van der Waals surface area contributed by atoms with E-state index < -0.39 is 23.1 Å². The molecule has 0 aliphatic carbocycles. The molecule has 2 aliphatic heterocycles. The Bertz CT molecular complexity index is 2020. The Morgan fingerprint density at radius 1 is 0.980 bits per heavy atom. The molecule has 7 rings (SSSR count). The molecule has 0 radical (unpaired) electrons. The second-order valence-corrected chi connectivity index (χ2v) is 14.5. The van der Waals surface area contributed by atoms with Crippen molar-refractivity contribution in [3.05, 3.63) is 101 Å². The van der Waals surface area contributed by atoms with Gasteiger partial charge in [0.05, 0.1) is 16.9 Å². The van der Waals surface area contributed by atoms with Crippen molar-refractivity contribution < 1.29 is 18.7 Å². The topological polar surface area (TPSA) is 106 Å². The zero-order chi connectivity index (χ0) is 35.0. The smallest absolute Gasteiger partial charge is 0.258 e. The van der Waals surface area contributed by atoms with E-state index in [0.29, 0.717) is 38.8 Å². The van der Waals surface area contributed by atoms with Crippen LogP contribution >= 0.6 is 0 Å². The predicted octanol–water partition coefficient (Wildman–Crippen LogP) is 7.37. The summed E-state index contributed by atoms with van der Waals surface area (Å²) in [6.07, 6.45) is 7.68. The number of hydrogen-bond donors (Lipinski definition) is 4. The molecule has 5 aromatic rings. The standard InChI is InChI=1S/C40H44F2N6O2/c1-25-31(21-29(41)22-34(25)47-38(49)30-9-8-28(20-33(30)42)39(2,3)50)36-32-23-35(46-37(32)45-24-44-36)27-6-4-26(5-7-27)10-17-48-18-13-40(14-19-48)11-15-43-16-12-40/h4-9,20-24,43,50H,10-19H2,1-3H3,(H,47,49)(H,44,45,46). The summed E-state index contributed by atoms with van der Waals surface area (Å²) in [5.74, 6) is -2.09. The molecule has 10 heteroatoms. The van der Waals surface area contributed by atoms with Crippen molar-refractivity contribution in [1.29, 1.82) is 0 Å². The van der Waals surface area contributed by atoms with E-state index in [2.05, 4.69) is 54.8 Å². The Kier molecular flexibility index (Phi) is 9.28. The lowest BCUT2D eigenvalue weighted by atomic mass is 9.71. The van der Waals surface area contributed by atoms with Crippen molar-refractivity contribution in [3.63, 3.8) is 0 Å². The summed E-state index contributed by atoms with van der Waals surface area (Å²) in [7, 11) is 0. The second-order valence-electron chi connectivity index (χ2n) is 14.5. The van der Waals surface area contributed by atoms with Gasteiger partial charge in [-0.25, -0.2) is 18.7 Å². The first-order valence-corrected chi connectivity index (χ1v) is 17.5. The van der Waals surface area contributed by atoms with Crippen LogP contribution in [0.2, 0.25) is 0 Å². The van der Waals surface area contributed by atoms with Crippen molar-refractivity contribution in [2.24, 2.45) is 5.41 Å². The summed E-state index contributed by atoms with van der Waals surface area (Å²) in [4.78, 5) is 28.1. The minimum Gasteiger partial charge on any atom is -0.386 e. The second kappa shape index (κ2) is 13.7. The Labute approximate surface area is 291 Å². The third-order valence-corrected chi connectivity index (χ3v) is 10.8. The van der Waals surface area contributed by atoms with Gasteiger partial charge in [-0.15, -0.1) is 0 Å². The Morgan fingerprint density at radius 2 is 1.72 bits per heavy atom. The molecule has 2 aromatic heterocycles. The summed E-state index contributed by atoms with van der Waals surface area (Å²) in [5.41, 5.74) is 4.95. The number of fused-ring (bicyclic) bond motifs is 1. The van der Waals surface area contributed by atoms with Crippen LogP contribution in [0.1, 0.15) is 66.6 Å². The molecule has 2 aliphatic rings. The minimum absolute atomic E-state index is 0.199. The van der Waals surface area contributed by atoms with Crippen molar-refractivity contribution in [3.8, 4) is 22.5 Å². The van der Waals surface area contributed by atoms with Gasteiger partial charge in [-0.05, 0) is 137 Å². The minimum atomic E-state index is -1.27. The number of aliphatic hydroxyl groups is 1. The molecule has 0 saturated carbocycles. The number of H-pyrrole nitrogens is 1. The molecule has 0 bridgehead atoms. The van der Waals surface area contributed by atoms with Crippen molar-refractivity contribution in [2.45, 2.75) is 58.5 Å². The zero-order valence-corrected chi connectivity index (χ0v) is 28.9. The van der Waals surface area contributed by atoms with E-state index in [9.17, 15) is 14.3 Å². The molecule has 260 valence electrons. The number of nitrogens with zero attached hydrogens (tertiary/aromatic N) is 3. The van der Waals surface area contributed by atoms with Gasteiger partial charge < -0.3 is 25.6 Å². The number of carbonyl (C=O) groups is 1. The summed E-state index contributed by atoms with van der Waals surface area (Å²) in [5, 5.41) is 17.1. The maximum Gasteiger partial charge on any atom is 0.258 e. The summed E-state index contributed by atoms with van der Waals surface area (Å²) >= 11 is 0. The third kappa shape index (κ3) is 7.06. The van der Waals surface area contributed by atoms with Crippen LogP contribution in [0, 0.1) is 24.0 Å². The van der Waals surface area contributed by atoms with Crippen LogP contribution in [0.4, 0.5) is 14.5 Å². The number of nitrogens with one attached hydrogen (secondary N) is 3. The molecule has 0 atom stereocenters. The Morgan fingerprint density at radius 3 is 2.42 bits per heavy atom. The van der Waals surface area contributed by atoms with E-state index in [1.165, 1.54) is 88.8 Å². The molecule has 0 unspecified atom stereocenters. The van der Waals surface area contributed by atoms with Crippen molar-refractivity contribution >= 4 is 22.6 Å². The van der Waals surface area contributed by atoms with E-state index in [1.807, 2.05) is 6.07 Å². The molecule has 8 nitrogen and oxygen atoms in total. The first kappa shape index (κ1) is 34.0. The average molecular weight is 679 g/mol. The molecule has 1 spiro atoms. The van der Waals surface area contributed by atoms with Gasteiger partial charge in [0, 0.05) is 28.9 Å². The van der Waals surface area contributed by atoms with E-state index in [1.54, 1.807) is 6.92 Å². The number of anilines is 1. The fourth-order valence-electron chi connectivity index (χ4n) is 7.48. The number of aromatic amines is 1. The predicted molar refractivity (Wildman–Crippen MR) is 193 cm³/mol. The number of hydrogen-bond acceptors (Lipinski definition) is 6. The molecule has 2 fully saturated rings. The first-order valence-electron chi connectivity index (χ1n) is 17.5. The molecular weight excluding hydrogens is 634 g/mol. The van der Waals surface area contributed by atoms with Gasteiger partial charge in [0.1, 0.15) is 23.6 Å². The number of carbonyl (C=O) groups excluding carboxylic acids is 1. The highest BCUT2D eigenvalue weighted by Gasteiger charge is 2.35. The highest BCUT2D eigenvalue weighted by atomic mass is 19.1. The number of halogens is 2. The first-order chi connectivity index (χ1) is 24.0. The lowest BCUT2D eigenvalue weighted by Gasteiger charge is -2.44. The van der Waals surface area contributed by atoms with Crippen LogP contribution in [-0.4, -0.2) is 63.6 Å². The molecule has 1 amide bonds. The van der Waals surface area contributed by atoms with Crippen molar-refractivity contribution in [2.75, 3.05) is 38.0 Å². The van der Waals surface area contributed by atoms with E-state index in [4.69, 9.17) is 0 Å². The Hall–Kier alpha value is -4.51. The highest BCUT2D eigenvalue weighted by Crippen LogP contribution is 2.40. The summed E-state index contributed by atoms with van der Waals surface area (Å²) in [6, 6.07) is 17.1. The largest absolute Gasteiger partial charge is 0.386 e. The lowest BCUT2D eigenvalue weighted by Crippen LogP contribution is -2.45. The average Bonchev–Trinajstić information content (AvgIpc) is 3.54. The highest BCUT2D eigenvalue weighted by molar-refractivity contribution is 6.06. The zero-order valence-electron chi connectivity index (χ0n) is 28.9. The van der Waals surface area contributed by atoms with Crippen LogP contribution in [0.3, 0.4) is 0 Å². The molecular formula is C40H44F2N6O2. The fourth-order valence-corrected chi connectivity index (χ4v) is 7.48. The van der Waals surface area contributed by atoms with Gasteiger partial charge in [-0.2, -0.15) is 0 Å². The van der Waals surface area contributed by atoms with E-state index in [0.717, 1.165) is 43.4 Å². The van der Waals surface area contributed by atoms with Gasteiger partial charge in [0.2, 0.25) is 0 Å². The number of likely N-dealkylation sites (tertiary alicyclic amines) is 1. The number of aromatic nitrogens is 3.